The van der Waals surface area contributed by atoms with Crippen molar-refractivity contribution in [3.63, 3.8) is 0 Å². The first-order valence-electron chi connectivity index (χ1n) is 5.57. The average Bonchev–Trinajstić information content (AvgIpc) is 2.16. The Bertz CT molecular complexity index is 503. The number of ketones is 1. The summed E-state index contributed by atoms with van der Waals surface area (Å²) in [6.45, 7) is 4.81. The van der Waals surface area contributed by atoms with Crippen LogP contribution in [0.15, 0.2) is 22.7 Å². The number of ether oxygens (including phenoxy) is 2. The highest BCUT2D eigenvalue weighted by Crippen LogP contribution is 2.49. The van der Waals surface area contributed by atoms with Crippen molar-refractivity contribution in [2.75, 3.05) is 13.2 Å². The molecule has 3 nitrogen and oxygen atoms in total. The second-order valence-corrected chi connectivity index (χ2v) is 6.07. The summed E-state index contributed by atoms with van der Waals surface area (Å²) in [6, 6.07) is 5.55. The number of hydrogen-bond acceptors (Lipinski definition) is 3. The van der Waals surface area contributed by atoms with E-state index in [1.165, 1.54) is 0 Å². The molecule has 2 aliphatic heterocycles. The van der Waals surface area contributed by atoms with Gasteiger partial charge in [-0.05, 0) is 32.0 Å². The fourth-order valence-electron chi connectivity index (χ4n) is 2.46. The first-order valence-corrected chi connectivity index (χ1v) is 6.37. The molecule has 17 heavy (non-hydrogen) atoms. The number of Topliss-reactive ketones (excluding diaryl/α,β-unsaturated/α-hetero) is 1. The number of halogens is 1. The van der Waals surface area contributed by atoms with Crippen molar-refractivity contribution >= 4 is 21.7 Å². The minimum Gasteiger partial charge on any atom is -0.486 e. The van der Waals surface area contributed by atoms with E-state index in [1.807, 2.05) is 32.0 Å². The molecule has 4 heteroatoms. The molecule has 2 heterocycles. The zero-order valence-electron chi connectivity index (χ0n) is 9.75. The van der Waals surface area contributed by atoms with Crippen LogP contribution >= 0.6 is 15.9 Å². The monoisotopic (exact) mass is 296 g/mol. The SMILES string of the molecule is CC1(C)Oc2ccc(Br)cc2C(=O)C12COC2. The van der Waals surface area contributed by atoms with E-state index in [2.05, 4.69) is 15.9 Å². The summed E-state index contributed by atoms with van der Waals surface area (Å²) in [7, 11) is 0. The fraction of sp³-hybridized carbons (Fsp3) is 0.462. The summed E-state index contributed by atoms with van der Waals surface area (Å²) in [6.07, 6.45) is 0. The predicted octanol–water partition coefficient (Wildman–Crippen LogP) is 2.82. The quantitative estimate of drug-likeness (QED) is 0.738. The van der Waals surface area contributed by atoms with Crippen molar-refractivity contribution in [1.29, 1.82) is 0 Å². The normalized spacial score (nSPS) is 23.8. The number of fused-ring (bicyclic) bond motifs is 1. The van der Waals surface area contributed by atoms with Gasteiger partial charge in [-0.3, -0.25) is 4.79 Å². The molecule has 0 radical (unpaired) electrons. The number of hydrogen-bond donors (Lipinski definition) is 0. The molecule has 0 aromatic heterocycles. The van der Waals surface area contributed by atoms with Crippen molar-refractivity contribution in [2.24, 2.45) is 5.41 Å². The van der Waals surface area contributed by atoms with Crippen LogP contribution in [0.3, 0.4) is 0 Å². The molecule has 0 bridgehead atoms. The van der Waals surface area contributed by atoms with Gasteiger partial charge in [-0.15, -0.1) is 0 Å². The number of carbonyl (C=O) groups excluding carboxylic acids is 1. The van der Waals surface area contributed by atoms with Gasteiger partial charge in [-0.25, -0.2) is 0 Å². The minimum atomic E-state index is -0.513. The highest BCUT2D eigenvalue weighted by Gasteiger charge is 2.61. The van der Waals surface area contributed by atoms with Gasteiger partial charge in [0.1, 0.15) is 16.8 Å². The van der Waals surface area contributed by atoms with Gasteiger partial charge in [0.15, 0.2) is 5.78 Å². The van der Waals surface area contributed by atoms with Crippen LogP contribution in [0.4, 0.5) is 0 Å². The zero-order chi connectivity index (χ0) is 12.3. The van der Waals surface area contributed by atoms with Crippen molar-refractivity contribution in [3.8, 4) is 5.75 Å². The lowest BCUT2D eigenvalue weighted by molar-refractivity contribution is -0.173. The summed E-state index contributed by atoms with van der Waals surface area (Å²) in [5.74, 6) is 0.803. The Kier molecular flexibility index (Phi) is 2.20. The van der Waals surface area contributed by atoms with Crippen molar-refractivity contribution in [2.45, 2.75) is 19.4 Å². The molecule has 1 saturated heterocycles. The van der Waals surface area contributed by atoms with Gasteiger partial charge in [-0.1, -0.05) is 15.9 Å². The van der Waals surface area contributed by atoms with Crippen LogP contribution in [0.5, 0.6) is 5.75 Å². The molecule has 0 amide bonds. The molecular formula is C13H13BrO3. The smallest absolute Gasteiger partial charge is 0.181 e. The maximum absolute atomic E-state index is 12.6. The third-order valence-corrected chi connectivity index (χ3v) is 4.33. The third-order valence-electron chi connectivity index (χ3n) is 3.84. The Morgan fingerprint density at radius 1 is 1.29 bits per heavy atom. The molecule has 1 spiro atoms. The highest BCUT2D eigenvalue weighted by atomic mass is 79.9. The lowest BCUT2D eigenvalue weighted by Gasteiger charge is -2.53. The van der Waals surface area contributed by atoms with Crippen molar-refractivity contribution < 1.29 is 14.3 Å². The molecule has 1 fully saturated rings. The van der Waals surface area contributed by atoms with Crippen LogP contribution < -0.4 is 4.74 Å². The molecule has 0 aliphatic carbocycles. The maximum atomic E-state index is 12.6. The average molecular weight is 297 g/mol. The van der Waals surface area contributed by atoms with Gasteiger partial charge >= 0.3 is 0 Å². The number of carbonyl (C=O) groups is 1. The zero-order valence-corrected chi connectivity index (χ0v) is 11.3. The van der Waals surface area contributed by atoms with E-state index in [0.29, 0.717) is 24.5 Å². The fourth-order valence-corrected chi connectivity index (χ4v) is 2.82. The summed E-state index contributed by atoms with van der Waals surface area (Å²) >= 11 is 3.38. The van der Waals surface area contributed by atoms with Crippen molar-refractivity contribution in [1.82, 2.24) is 0 Å². The van der Waals surface area contributed by atoms with Gasteiger partial charge in [0.2, 0.25) is 0 Å². The van der Waals surface area contributed by atoms with Gasteiger partial charge < -0.3 is 9.47 Å². The first-order chi connectivity index (χ1) is 7.96. The number of rotatable bonds is 0. The van der Waals surface area contributed by atoms with E-state index >= 15 is 0 Å². The Hall–Kier alpha value is -0.870. The molecule has 2 aliphatic rings. The molecular weight excluding hydrogens is 284 g/mol. The van der Waals surface area contributed by atoms with Gasteiger partial charge in [0, 0.05) is 4.47 Å². The van der Waals surface area contributed by atoms with Gasteiger partial charge in [-0.2, -0.15) is 0 Å². The van der Waals surface area contributed by atoms with E-state index in [0.717, 1.165) is 4.47 Å². The second kappa shape index (κ2) is 3.33. The third kappa shape index (κ3) is 1.34. The molecule has 0 atom stereocenters. The molecule has 3 rings (SSSR count). The molecule has 0 saturated carbocycles. The van der Waals surface area contributed by atoms with Crippen LogP contribution in [0.1, 0.15) is 24.2 Å². The second-order valence-electron chi connectivity index (χ2n) is 5.16. The van der Waals surface area contributed by atoms with E-state index in [4.69, 9.17) is 9.47 Å². The summed E-state index contributed by atoms with van der Waals surface area (Å²) < 4.78 is 12.1. The molecule has 0 unspecified atom stereocenters. The van der Waals surface area contributed by atoms with Crippen LogP contribution in [0.25, 0.3) is 0 Å². The standard InChI is InChI=1S/C13H13BrO3/c1-12(2)13(6-16-7-13)11(15)9-5-8(14)3-4-10(9)17-12/h3-5H,6-7H2,1-2H3. The van der Waals surface area contributed by atoms with Gasteiger partial charge in [0.25, 0.3) is 0 Å². The van der Waals surface area contributed by atoms with Crippen LogP contribution in [0, 0.1) is 5.41 Å². The largest absolute Gasteiger partial charge is 0.486 e. The van der Waals surface area contributed by atoms with Crippen LogP contribution in [-0.4, -0.2) is 24.6 Å². The van der Waals surface area contributed by atoms with Gasteiger partial charge in [0.05, 0.1) is 18.8 Å². The van der Waals surface area contributed by atoms with E-state index in [1.54, 1.807) is 0 Å². The van der Waals surface area contributed by atoms with E-state index < -0.39 is 11.0 Å². The Morgan fingerprint density at radius 3 is 2.59 bits per heavy atom. The summed E-state index contributed by atoms with van der Waals surface area (Å²) in [4.78, 5) is 12.6. The Labute approximate surface area is 108 Å². The molecule has 1 aromatic rings. The van der Waals surface area contributed by atoms with E-state index in [-0.39, 0.29) is 5.78 Å². The van der Waals surface area contributed by atoms with E-state index in [9.17, 15) is 4.79 Å². The topological polar surface area (TPSA) is 35.5 Å². The minimum absolute atomic E-state index is 0.135. The number of benzene rings is 1. The molecule has 0 N–H and O–H groups in total. The first kappa shape index (κ1) is 11.2. The Morgan fingerprint density at radius 2 is 2.00 bits per heavy atom. The lowest BCUT2D eigenvalue weighted by atomic mass is 9.65. The lowest BCUT2D eigenvalue weighted by Crippen LogP contribution is -2.66. The maximum Gasteiger partial charge on any atom is 0.181 e. The van der Waals surface area contributed by atoms with Crippen LogP contribution in [-0.2, 0) is 4.74 Å². The molecule has 90 valence electrons. The molecule has 1 aromatic carbocycles. The summed E-state index contributed by atoms with van der Waals surface area (Å²) in [5.41, 5.74) is -0.369. The summed E-state index contributed by atoms with van der Waals surface area (Å²) in [5, 5.41) is 0. The highest BCUT2D eigenvalue weighted by molar-refractivity contribution is 9.10. The predicted molar refractivity (Wildman–Crippen MR) is 66.4 cm³/mol. The van der Waals surface area contributed by atoms with Crippen LogP contribution in [0.2, 0.25) is 0 Å². The Balaban J connectivity index is 2.17. The van der Waals surface area contributed by atoms with Crippen molar-refractivity contribution in [3.05, 3.63) is 28.2 Å².